The number of para-hydroxylation sites is 1. The van der Waals surface area contributed by atoms with Crippen molar-refractivity contribution in [3.63, 3.8) is 0 Å². The Morgan fingerprint density at radius 2 is 1.33 bits per heavy atom. The number of benzene rings is 3. The third-order valence-corrected chi connectivity index (χ3v) is 5.04. The monoisotopic (exact) mass is 362 g/mol. The van der Waals surface area contributed by atoms with Gasteiger partial charge in [-0.15, -0.1) is 0 Å². The fraction of sp³-hybridized carbons (Fsp3) is 0.182. The average Bonchev–Trinajstić information content (AvgIpc) is 2.70. The van der Waals surface area contributed by atoms with E-state index in [4.69, 9.17) is 11.5 Å². The minimum absolute atomic E-state index is 0.298. The van der Waals surface area contributed by atoms with E-state index in [0.29, 0.717) is 18.8 Å². The zero-order valence-electron chi connectivity index (χ0n) is 15.0. The van der Waals surface area contributed by atoms with Gasteiger partial charge in [0.2, 0.25) is 0 Å². The van der Waals surface area contributed by atoms with Gasteiger partial charge < -0.3 is 10.6 Å². The Kier molecular flexibility index (Phi) is 4.90. The molecule has 4 nitrogen and oxygen atoms in total. The largest absolute Gasteiger partial charge is 0.336 e. The lowest BCUT2D eigenvalue weighted by Crippen LogP contribution is -2.60. The zero-order chi connectivity index (χ0) is 18.8. The highest BCUT2D eigenvalue weighted by Crippen LogP contribution is 2.38. The third-order valence-electron chi connectivity index (χ3n) is 5.04. The van der Waals surface area contributed by atoms with Crippen LogP contribution in [0.25, 0.3) is 0 Å². The van der Waals surface area contributed by atoms with Crippen LogP contribution in [-0.2, 0) is 13.1 Å². The molecule has 0 aromatic heterocycles. The van der Waals surface area contributed by atoms with Gasteiger partial charge in [-0.1, -0.05) is 72.8 Å². The summed E-state index contributed by atoms with van der Waals surface area (Å²) in [7, 11) is 0. The molecular formula is C22H23FN4. The molecule has 138 valence electrons. The summed E-state index contributed by atoms with van der Waals surface area (Å²) in [4.78, 5) is 3.90. The summed E-state index contributed by atoms with van der Waals surface area (Å²) in [6.45, 7) is 1.10. The third kappa shape index (κ3) is 3.45. The molecule has 0 amide bonds. The molecule has 0 bridgehead atoms. The molecular weight excluding hydrogens is 339 g/mol. The molecule has 2 unspecified atom stereocenters. The molecule has 0 saturated heterocycles. The molecule has 0 fully saturated rings. The fourth-order valence-electron chi connectivity index (χ4n) is 3.67. The molecule has 4 N–H and O–H groups in total. The van der Waals surface area contributed by atoms with E-state index in [2.05, 4.69) is 0 Å². The summed E-state index contributed by atoms with van der Waals surface area (Å²) in [6, 6.07) is 25.0. The van der Waals surface area contributed by atoms with Crippen molar-refractivity contribution in [3.8, 4) is 0 Å². The predicted molar refractivity (Wildman–Crippen MR) is 106 cm³/mol. The first-order chi connectivity index (χ1) is 13.1. The molecule has 3 aromatic rings. The smallest absolute Gasteiger partial charge is 0.146 e. The van der Waals surface area contributed by atoms with Crippen molar-refractivity contribution < 1.29 is 4.39 Å². The number of nitrogens with zero attached hydrogens (tertiary/aromatic N) is 2. The molecule has 1 aliphatic heterocycles. The maximum absolute atomic E-state index is 14.8. The Labute approximate surface area is 158 Å². The van der Waals surface area contributed by atoms with Crippen molar-refractivity contribution in [1.29, 1.82) is 0 Å². The average molecular weight is 362 g/mol. The van der Waals surface area contributed by atoms with Gasteiger partial charge >= 0.3 is 0 Å². The van der Waals surface area contributed by atoms with E-state index in [1.165, 1.54) is 6.07 Å². The second kappa shape index (κ2) is 7.48. The molecule has 1 heterocycles. The van der Waals surface area contributed by atoms with Gasteiger partial charge in [-0.25, -0.2) is 9.29 Å². The summed E-state index contributed by atoms with van der Waals surface area (Å²) in [5, 5.41) is 0. The van der Waals surface area contributed by atoms with Crippen LogP contribution in [0.4, 0.5) is 10.1 Å². The highest BCUT2D eigenvalue weighted by atomic mass is 19.1. The lowest BCUT2D eigenvalue weighted by Gasteiger charge is -2.47. The van der Waals surface area contributed by atoms with Crippen LogP contribution in [0, 0.1) is 5.82 Å². The first-order valence-corrected chi connectivity index (χ1v) is 9.05. The molecule has 0 saturated carbocycles. The van der Waals surface area contributed by atoms with Gasteiger partial charge in [-0.2, -0.15) is 0 Å². The second-order valence-corrected chi connectivity index (χ2v) is 6.81. The van der Waals surface area contributed by atoms with Crippen molar-refractivity contribution >= 4 is 5.69 Å². The molecule has 0 aliphatic carbocycles. The lowest BCUT2D eigenvalue weighted by atomic mass is 10.0. The molecule has 0 radical (unpaired) electrons. The van der Waals surface area contributed by atoms with E-state index < -0.39 is 12.5 Å². The van der Waals surface area contributed by atoms with Crippen LogP contribution < -0.4 is 16.4 Å². The fourth-order valence-corrected chi connectivity index (χ4v) is 3.67. The highest BCUT2D eigenvalue weighted by Gasteiger charge is 2.37. The number of hydrogen-bond acceptors (Lipinski definition) is 4. The van der Waals surface area contributed by atoms with Crippen LogP contribution in [0.3, 0.4) is 0 Å². The van der Waals surface area contributed by atoms with Gasteiger partial charge in [-0.3, -0.25) is 5.73 Å². The maximum Gasteiger partial charge on any atom is 0.146 e. The summed E-state index contributed by atoms with van der Waals surface area (Å²) in [5.41, 5.74) is 16.5. The van der Waals surface area contributed by atoms with Gasteiger partial charge in [0.05, 0.1) is 11.9 Å². The number of hydrogen-bond donors (Lipinski definition) is 2. The van der Waals surface area contributed by atoms with E-state index in [1.807, 2.05) is 76.5 Å². The van der Waals surface area contributed by atoms with E-state index in [-0.39, 0.29) is 5.82 Å². The SMILES string of the molecule is NC1c2cccc(F)c2N(Cc2ccccc2)C(N)N1Cc1ccccc1. The van der Waals surface area contributed by atoms with Crippen molar-refractivity contribution in [2.75, 3.05) is 4.90 Å². The lowest BCUT2D eigenvalue weighted by molar-refractivity contribution is 0.111. The van der Waals surface area contributed by atoms with Crippen molar-refractivity contribution in [3.05, 3.63) is 101 Å². The Bertz CT molecular complexity index is 901. The van der Waals surface area contributed by atoms with Crippen LogP contribution in [0.2, 0.25) is 0 Å². The molecule has 0 spiro atoms. The number of anilines is 1. The summed E-state index contributed by atoms with van der Waals surface area (Å²) >= 11 is 0. The predicted octanol–water partition coefficient (Wildman–Crippen LogP) is 3.55. The quantitative estimate of drug-likeness (QED) is 0.745. The number of halogens is 1. The first kappa shape index (κ1) is 17.7. The van der Waals surface area contributed by atoms with E-state index >= 15 is 0 Å². The van der Waals surface area contributed by atoms with Crippen LogP contribution in [0.15, 0.2) is 78.9 Å². The normalized spacial score (nSPS) is 19.7. The first-order valence-electron chi connectivity index (χ1n) is 9.05. The van der Waals surface area contributed by atoms with Crippen LogP contribution in [0.1, 0.15) is 22.9 Å². The Morgan fingerprint density at radius 1 is 0.741 bits per heavy atom. The zero-order valence-corrected chi connectivity index (χ0v) is 15.0. The number of rotatable bonds is 4. The molecule has 27 heavy (non-hydrogen) atoms. The summed E-state index contributed by atoms with van der Waals surface area (Å²) in [6.07, 6.45) is -1.01. The van der Waals surface area contributed by atoms with Crippen LogP contribution in [-0.4, -0.2) is 11.2 Å². The molecule has 2 atom stereocenters. The maximum atomic E-state index is 14.8. The molecule has 3 aromatic carbocycles. The van der Waals surface area contributed by atoms with Gasteiger partial charge in [0.15, 0.2) is 0 Å². The Balaban J connectivity index is 1.73. The number of fused-ring (bicyclic) bond motifs is 1. The Morgan fingerprint density at radius 3 is 1.96 bits per heavy atom. The van der Waals surface area contributed by atoms with Gasteiger partial charge in [0.1, 0.15) is 12.1 Å². The minimum Gasteiger partial charge on any atom is -0.336 e. The summed E-state index contributed by atoms with van der Waals surface area (Å²) < 4.78 is 14.8. The van der Waals surface area contributed by atoms with E-state index in [9.17, 15) is 4.39 Å². The van der Waals surface area contributed by atoms with Gasteiger partial charge in [0.25, 0.3) is 0 Å². The van der Waals surface area contributed by atoms with E-state index in [0.717, 1.165) is 16.7 Å². The topological polar surface area (TPSA) is 58.5 Å². The van der Waals surface area contributed by atoms with Crippen LogP contribution in [0.5, 0.6) is 0 Å². The molecule has 4 rings (SSSR count). The van der Waals surface area contributed by atoms with E-state index in [1.54, 1.807) is 6.07 Å². The second-order valence-electron chi connectivity index (χ2n) is 6.81. The Hall–Kier alpha value is -2.73. The van der Waals surface area contributed by atoms with Crippen molar-refractivity contribution in [1.82, 2.24) is 4.90 Å². The standard InChI is InChI=1S/C22H23FN4/c23-19-13-7-12-18-20(19)26(14-16-8-3-1-4-9-16)22(25)27(21(18)24)15-17-10-5-2-6-11-17/h1-13,21-22H,14-15,24-25H2. The minimum atomic E-state index is -0.537. The van der Waals surface area contributed by atoms with Gasteiger partial charge in [-0.05, 0) is 17.2 Å². The molecule has 5 heteroatoms. The molecule has 1 aliphatic rings. The number of nitrogens with two attached hydrogens (primary N) is 2. The van der Waals surface area contributed by atoms with Crippen molar-refractivity contribution in [2.45, 2.75) is 25.5 Å². The van der Waals surface area contributed by atoms with Crippen molar-refractivity contribution in [2.24, 2.45) is 11.5 Å². The van der Waals surface area contributed by atoms with Gasteiger partial charge in [0, 0.05) is 18.7 Å². The summed E-state index contributed by atoms with van der Waals surface area (Å²) in [5.74, 6) is -0.298. The highest BCUT2D eigenvalue weighted by molar-refractivity contribution is 5.59. The van der Waals surface area contributed by atoms with Crippen LogP contribution >= 0.6 is 0 Å².